The summed E-state index contributed by atoms with van der Waals surface area (Å²) < 4.78 is 0. The van der Waals surface area contributed by atoms with Crippen LogP contribution in [0.25, 0.3) is 0 Å². The Balaban J connectivity index is 1.70. The molecule has 0 aromatic carbocycles. The average molecular weight is 296 g/mol. The Morgan fingerprint density at radius 1 is 1.20 bits per heavy atom. The van der Waals surface area contributed by atoms with Crippen molar-refractivity contribution in [2.45, 2.75) is 39.8 Å². The highest BCUT2D eigenvalue weighted by Gasteiger charge is 2.16. The standard InChI is InChI=1S/C15H28N4S/c1-3-5-6-16-11-14-13-20-15(17-14)12-19-9-7-18(4-2)8-10-19/h13,16H,3-12H2,1-2H3. The molecule has 1 aliphatic rings. The third-order valence-corrected chi connectivity index (χ3v) is 4.77. The second-order valence-corrected chi connectivity index (χ2v) is 6.42. The van der Waals surface area contributed by atoms with Crippen molar-refractivity contribution in [3.8, 4) is 0 Å². The molecule has 4 nitrogen and oxygen atoms in total. The van der Waals surface area contributed by atoms with E-state index in [0.29, 0.717) is 0 Å². The predicted octanol–water partition coefficient (Wildman–Crippen LogP) is 2.17. The molecule has 0 radical (unpaired) electrons. The third-order valence-electron chi connectivity index (χ3n) is 3.88. The van der Waals surface area contributed by atoms with Gasteiger partial charge in [-0.1, -0.05) is 20.3 Å². The van der Waals surface area contributed by atoms with E-state index in [1.807, 2.05) is 11.3 Å². The average Bonchev–Trinajstić information content (AvgIpc) is 2.92. The summed E-state index contributed by atoms with van der Waals surface area (Å²) in [6, 6.07) is 0. The molecule has 0 unspecified atom stereocenters. The summed E-state index contributed by atoms with van der Waals surface area (Å²) >= 11 is 1.81. The monoisotopic (exact) mass is 296 g/mol. The number of likely N-dealkylation sites (N-methyl/N-ethyl adjacent to an activating group) is 1. The molecule has 0 saturated carbocycles. The van der Waals surface area contributed by atoms with Crippen molar-refractivity contribution in [2.24, 2.45) is 0 Å². The maximum atomic E-state index is 4.74. The lowest BCUT2D eigenvalue weighted by Crippen LogP contribution is -2.45. The predicted molar refractivity (Wildman–Crippen MR) is 86.1 cm³/mol. The Bertz CT molecular complexity index is 372. The normalized spacial score (nSPS) is 17.7. The van der Waals surface area contributed by atoms with Crippen molar-refractivity contribution < 1.29 is 0 Å². The molecule has 1 fully saturated rings. The zero-order valence-electron chi connectivity index (χ0n) is 12.9. The number of aromatic nitrogens is 1. The second kappa shape index (κ2) is 8.72. The van der Waals surface area contributed by atoms with E-state index in [1.54, 1.807) is 0 Å². The molecular weight excluding hydrogens is 268 g/mol. The first kappa shape index (κ1) is 15.9. The van der Waals surface area contributed by atoms with Crippen LogP contribution in [0.5, 0.6) is 0 Å². The summed E-state index contributed by atoms with van der Waals surface area (Å²) in [4.78, 5) is 9.78. The van der Waals surface area contributed by atoms with Crippen LogP contribution in [0.4, 0.5) is 0 Å². The maximum absolute atomic E-state index is 4.74. The van der Waals surface area contributed by atoms with Gasteiger partial charge in [0, 0.05) is 38.1 Å². The maximum Gasteiger partial charge on any atom is 0.107 e. The molecule has 5 heteroatoms. The molecule has 0 amide bonds. The first-order chi connectivity index (χ1) is 9.81. The van der Waals surface area contributed by atoms with Crippen molar-refractivity contribution in [3.63, 3.8) is 0 Å². The van der Waals surface area contributed by atoms with Gasteiger partial charge in [-0.05, 0) is 19.5 Å². The summed E-state index contributed by atoms with van der Waals surface area (Å²) in [5.41, 5.74) is 1.20. The highest BCUT2D eigenvalue weighted by atomic mass is 32.1. The summed E-state index contributed by atoms with van der Waals surface area (Å²) in [5, 5.41) is 6.93. The van der Waals surface area contributed by atoms with E-state index >= 15 is 0 Å². The minimum Gasteiger partial charge on any atom is -0.311 e. The van der Waals surface area contributed by atoms with Crippen LogP contribution >= 0.6 is 11.3 Å². The zero-order chi connectivity index (χ0) is 14.2. The van der Waals surface area contributed by atoms with Crippen molar-refractivity contribution >= 4 is 11.3 Å². The summed E-state index contributed by atoms with van der Waals surface area (Å²) in [7, 11) is 0. The molecule has 0 atom stereocenters. The van der Waals surface area contributed by atoms with Crippen LogP contribution < -0.4 is 5.32 Å². The molecule has 0 aliphatic carbocycles. The molecule has 2 heterocycles. The Kier molecular flexibility index (Phi) is 6.93. The fourth-order valence-corrected chi connectivity index (χ4v) is 3.31. The Hall–Kier alpha value is -0.490. The first-order valence-electron chi connectivity index (χ1n) is 7.90. The molecule has 0 spiro atoms. The van der Waals surface area contributed by atoms with Crippen LogP contribution in [-0.4, -0.2) is 54.1 Å². The third kappa shape index (κ3) is 5.13. The van der Waals surface area contributed by atoms with E-state index < -0.39 is 0 Å². The smallest absolute Gasteiger partial charge is 0.107 e. The Morgan fingerprint density at radius 3 is 2.65 bits per heavy atom. The molecule has 1 aromatic heterocycles. The fourth-order valence-electron chi connectivity index (χ4n) is 2.48. The van der Waals surface area contributed by atoms with Gasteiger partial charge < -0.3 is 10.2 Å². The molecule has 1 N–H and O–H groups in total. The van der Waals surface area contributed by atoms with E-state index in [9.17, 15) is 0 Å². The molecular formula is C15H28N4S. The molecule has 1 saturated heterocycles. The molecule has 1 aromatic rings. The minimum absolute atomic E-state index is 0.917. The molecule has 20 heavy (non-hydrogen) atoms. The molecule has 2 rings (SSSR count). The number of rotatable bonds is 8. The largest absolute Gasteiger partial charge is 0.311 e. The van der Waals surface area contributed by atoms with E-state index in [4.69, 9.17) is 4.98 Å². The van der Waals surface area contributed by atoms with Gasteiger partial charge in [0.2, 0.25) is 0 Å². The summed E-state index contributed by atoms with van der Waals surface area (Å²) in [6.07, 6.45) is 2.50. The second-order valence-electron chi connectivity index (χ2n) is 5.47. The van der Waals surface area contributed by atoms with Crippen molar-refractivity contribution in [2.75, 3.05) is 39.3 Å². The lowest BCUT2D eigenvalue weighted by Gasteiger charge is -2.33. The van der Waals surface area contributed by atoms with Crippen LogP contribution in [0.1, 0.15) is 37.4 Å². The van der Waals surface area contributed by atoms with Gasteiger partial charge >= 0.3 is 0 Å². The summed E-state index contributed by atoms with van der Waals surface area (Å²) in [6.45, 7) is 13.4. The van der Waals surface area contributed by atoms with Gasteiger partial charge in [0.1, 0.15) is 5.01 Å². The first-order valence-corrected chi connectivity index (χ1v) is 8.78. The number of hydrogen-bond acceptors (Lipinski definition) is 5. The highest BCUT2D eigenvalue weighted by Crippen LogP contribution is 2.13. The molecule has 1 aliphatic heterocycles. The van der Waals surface area contributed by atoms with Crippen LogP contribution in [0.2, 0.25) is 0 Å². The Labute approximate surface area is 127 Å². The van der Waals surface area contributed by atoms with E-state index in [1.165, 1.54) is 56.3 Å². The lowest BCUT2D eigenvalue weighted by molar-refractivity contribution is 0.132. The van der Waals surface area contributed by atoms with Gasteiger partial charge in [0.15, 0.2) is 0 Å². The highest BCUT2D eigenvalue weighted by molar-refractivity contribution is 7.09. The van der Waals surface area contributed by atoms with Gasteiger partial charge in [-0.25, -0.2) is 4.98 Å². The van der Waals surface area contributed by atoms with E-state index in [2.05, 4.69) is 34.3 Å². The molecule has 114 valence electrons. The number of unbranched alkanes of at least 4 members (excludes halogenated alkanes) is 1. The number of nitrogens with zero attached hydrogens (tertiary/aromatic N) is 3. The minimum atomic E-state index is 0.917. The fraction of sp³-hybridized carbons (Fsp3) is 0.800. The van der Waals surface area contributed by atoms with Gasteiger partial charge in [-0.2, -0.15) is 0 Å². The lowest BCUT2D eigenvalue weighted by atomic mass is 10.3. The van der Waals surface area contributed by atoms with Crippen molar-refractivity contribution in [1.82, 2.24) is 20.1 Å². The topological polar surface area (TPSA) is 31.4 Å². The SMILES string of the molecule is CCCCNCc1csc(CN2CCN(CC)CC2)n1. The van der Waals surface area contributed by atoms with Gasteiger partial charge in [0.25, 0.3) is 0 Å². The quantitative estimate of drug-likeness (QED) is 0.745. The van der Waals surface area contributed by atoms with E-state index in [-0.39, 0.29) is 0 Å². The molecule has 0 bridgehead atoms. The van der Waals surface area contributed by atoms with Gasteiger partial charge in [0.05, 0.1) is 12.2 Å². The number of thiazole rings is 1. The van der Waals surface area contributed by atoms with Crippen LogP contribution in [-0.2, 0) is 13.1 Å². The van der Waals surface area contributed by atoms with E-state index in [0.717, 1.165) is 19.6 Å². The van der Waals surface area contributed by atoms with Gasteiger partial charge in [-0.15, -0.1) is 11.3 Å². The van der Waals surface area contributed by atoms with Gasteiger partial charge in [-0.3, -0.25) is 4.90 Å². The number of hydrogen-bond donors (Lipinski definition) is 1. The zero-order valence-corrected chi connectivity index (χ0v) is 13.7. The Morgan fingerprint density at radius 2 is 1.95 bits per heavy atom. The number of nitrogens with one attached hydrogen (secondary N) is 1. The van der Waals surface area contributed by atoms with Crippen molar-refractivity contribution in [3.05, 3.63) is 16.1 Å². The summed E-state index contributed by atoms with van der Waals surface area (Å²) in [5.74, 6) is 0. The number of piperazine rings is 1. The van der Waals surface area contributed by atoms with Crippen LogP contribution in [0.15, 0.2) is 5.38 Å². The van der Waals surface area contributed by atoms with Crippen LogP contribution in [0.3, 0.4) is 0 Å². The van der Waals surface area contributed by atoms with Crippen LogP contribution in [0, 0.1) is 0 Å². The van der Waals surface area contributed by atoms with Crippen molar-refractivity contribution in [1.29, 1.82) is 0 Å².